The van der Waals surface area contributed by atoms with Gasteiger partial charge >= 0.3 is 0 Å². The van der Waals surface area contributed by atoms with Crippen LogP contribution in [0.3, 0.4) is 0 Å². The fourth-order valence-corrected chi connectivity index (χ4v) is 3.80. The van der Waals surface area contributed by atoms with E-state index in [9.17, 15) is 0 Å². The van der Waals surface area contributed by atoms with Crippen molar-refractivity contribution in [1.82, 2.24) is 35.7 Å². The molecule has 0 saturated carbocycles. The maximum absolute atomic E-state index is 4.81. The molecule has 1 aliphatic heterocycles. The number of nitrogens with zero attached hydrogens (tertiary/aromatic N) is 5. The standard InChI is InChI=1S/C23H30N8.HI/c1-2-24-23(26-15-18-6-5-7-19(14-18)22-27-17-28-30-22)29-20-9-12-31(13-10-20)16-21-8-3-4-11-25-21;/h3-8,11,14,17,20H,2,9-10,12-13,15-16H2,1H3,(H2,24,26,29)(H,27,28,30);1H. The molecule has 4 rings (SSSR count). The monoisotopic (exact) mass is 546 g/mol. The van der Waals surface area contributed by atoms with E-state index in [4.69, 9.17) is 4.99 Å². The Balaban J connectivity index is 0.00000289. The summed E-state index contributed by atoms with van der Waals surface area (Å²) in [4.78, 5) is 16.0. The number of benzene rings is 1. The number of aliphatic imine (C=N–C) groups is 1. The number of guanidine groups is 1. The van der Waals surface area contributed by atoms with Gasteiger partial charge in [-0.1, -0.05) is 24.3 Å². The van der Waals surface area contributed by atoms with Crippen molar-refractivity contribution in [2.75, 3.05) is 19.6 Å². The molecule has 3 heterocycles. The summed E-state index contributed by atoms with van der Waals surface area (Å²) in [5, 5.41) is 13.8. The quantitative estimate of drug-likeness (QED) is 0.240. The van der Waals surface area contributed by atoms with Crippen molar-refractivity contribution >= 4 is 29.9 Å². The maximum Gasteiger partial charge on any atom is 0.191 e. The van der Waals surface area contributed by atoms with Crippen molar-refractivity contribution in [2.45, 2.75) is 38.9 Å². The molecule has 0 atom stereocenters. The summed E-state index contributed by atoms with van der Waals surface area (Å²) in [7, 11) is 0. The van der Waals surface area contributed by atoms with Crippen molar-refractivity contribution in [2.24, 2.45) is 4.99 Å². The van der Waals surface area contributed by atoms with E-state index in [2.05, 4.69) is 66.9 Å². The van der Waals surface area contributed by atoms with Crippen LogP contribution in [-0.4, -0.2) is 56.7 Å². The van der Waals surface area contributed by atoms with Gasteiger partial charge in [0.2, 0.25) is 0 Å². The number of aromatic amines is 1. The van der Waals surface area contributed by atoms with Crippen LogP contribution in [0.2, 0.25) is 0 Å². The van der Waals surface area contributed by atoms with Gasteiger partial charge in [0.05, 0.1) is 12.2 Å². The molecule has 2 aromatic heterocycles. The lowest BCUT2D eigenvalue weighted by molar-refractivity contribution is 0.196. The average molecular weight is 546 g/mol. The molecule has 0 aliphatic carbocycles. The van der Waals surface area contributed by atoms with Gasteiger partial charge in [0.25, 0.3) is 0 Å². The molecule has 1 fully saturated rings. The number of hydrogen-bond acceptors (Lipinski definition) is 5. The summed E-state index contributed by atoms with van der Waals surface area (Å²) in [6, 6.07) is 14.8. The van der Waals surface area contributed by atoms with Crippen molar-refractivity contribution in [3.05, 3.63) is 66.2 Å². The third-order valence-electron chi connectivity index (χ3n) is 5.42. The molecule has 0 amide bonds. The topological polar surface area (TPSA) is 94.1 Å². The molecule has 1 aliphatic rings. The molecule has 1 saturated heterocycles. The van der Waals surface area contributed by atoms with Gasteiger partial charge in [0.15, 0.2) is 11.8 Å². The minimum atomic E-state index is 0. The molecule has 0 radical (unpaired) electrons. The van der Waals surface area contributed by atoms with E-state index in [1.165, 1.54) is 6.33 Å². The molecule has 3 aromatic rings. The van der Waals surface area contributed by atoms with Crippen molar-refractivity contribution in [1.29, 1.82) is 0 Å². The number of nitrogens with one attached hydrogen (secondary N) is 3. The zero-order chi connectivity index (χ0) is 21.3. The van der Waals surface area contributed by atoms with Crippen molar-refractivity contribution in [3.8, 4) is 11.4 Å². The van der Waals surface area contributed by atoms with E-state index >= 15 is 0 Å². The van der Waals surface area contributed by atoms with Gasteiger partial charge in [-0.2, -0.15) is 5.10 Å². The molecule has 0 spiro atoms. The van der Waals surface area contributed by atoms with Gasteiger partial charge in [0.1, 0.15) is 6.33 Å². The molecule has 170 valence electrons. The van der Waals surface area contributed by atoms with Crippen LogP contribution >= 0.6 is 24.0 Å². The second-order valence-corrected chi connectivity index (χ2v) is 7.75. The highest BCUT2D eigenvalue weighted by Crippen LogP contribution is 2.16. The summed E-state index contributed by atoms with van der Waals surface area (Å²) in [6.45, 7) is 6.58. The van der Waals surface area contributed by atoms with Crippen LogP contribution in [0.4, 0.5) is 0 Å². The SMILES string of the molecule is CCNC(=NCc1cccc(-c2ncn[nH]2)c1)NC1CCN(Cc2ccccn2)CC1.I. The molecule has 1 aromatic carbocycles. The maximum atomic E-state index is 4.81. The van der Waals surface area contributed by atoms with Crippen molar-refractivity contribution < 1.29 is 0 Å². The highest BCUT2D eigenvalue weighted by Gasteiger charge is 2.20. The lowest BCUT2D eigenvalue weighted by atomic mass is 10.0. The Morgan fingerprint density at radius 3 is 2.75 bits per heavy atom. The fraction of sp³-hybridized carbons (Fsp3) is 0.391. The number of halogens is 1. The van der Waals surface area contributed by atoms with Crippen LogP contribution in [0.1, 0.15) is 31.0 Å². The minimum Gasteiger partial charge on any atom is -0.357 e. The zero-order valence-electron chi connectivity index (χ0n) is 18.4. The highest BCUT2D eigenvalue weighted by molar-refractivity contribution is 14.0. The van der Waals surface area contributed by atoms with E-state index in [1.54, 1.807) is 0 Å². The number of pyridine rings is 1. The summed E-state index contributed by atoms with van der Waals surface area (Å²) < 4.78 is 0. The average Bonchev–Trinajstić information content (AvgIpc) is 3.35. The van der Waals surface area contributed by atoms with Crippen LogP contribution in [0, 0.1) is 0 Å². The molecule has 8 nitrogen and oxygen atoms in total. The Hall–Kier alpha value is -2.53. The van der Waals surface area contributed by atoms with E-state index in [-0.39, 0.29) is 24.0 Å². The minimum absolute atomic E-state index is 0. The van der Waals surface area contributed by atoms with Gasteiger partial charge in [-0.15, -0.1) is 24.0 Å². The Labute approximate surface area is 206 Å². The molecular formula is C23H31IN8. The Morgan fingerprint density at radius 1 is 1.16 bits per heavy atom. The smallest absolute Gasteiger partial charge is 0.191 e. The lowest BCUT2D eigenvalue weighted by Crippen LogP contribution is -2.48. The zero-order valence-corrected chi connectivity index (χ0v) is 20.7. The molecule has 0 unspecified atom stereocenters. The van der Waals surface area contributed by atoms with Crippen LogP contribution in [0.25, 0.3) is 11.4 Å². The fourth-order valence-electron chi connectivity index (χ4n) is 3.80. The van der Waals surface area contributed by atoms with Crippen molar-refractivity contribution in [3.63, 3.8) is 0 Å². The van der Waals surface area contributed by atoms with E-state index in [0.717, 1.165) is 67.6 Å². The third-order valence-corrected chi connectivity index (χ3v) is 5.42. The van der Waals surface area contributed by atoms with E-state index in [0.29, 0.717) is 12.6 Å². The number of H-pyrrole nitrogens is 1. The van der Waals surface area contributed by atoms with Crippen LogP contribution in [-0.2, 0) is 13.1 Å². The Bertz CT molecular complexity index is 953. The first-order valence-electron chi connectivity index (χ1n) is 10.9. The van der Waals surface area contributed by atoms with Gasteiger partial charge < -0.3 is 10.6 Å². The largest absolute Gasteiger partial charge is 0.357 e. The summed E-state index contributed by atoms with van der Waals surface area (Å²) in [6.07, 6.45) is 5.58. The Kier molecular flexibility index (Phi) is 9.42. The summed E-state index contributed by atoms with van der Waals surface area (Å²) in [5.41, 5.74) is 3.29. The molecule has 0 bridgehead atoms. The normalized spacial score (nSPS) is 15.2. The second kappa shape index (κ2) is 12.5. The lowest BCUT2D eigenvalue weighted by Gasteiger charge is -2.32. The first-order valence-corrected chi connectivity index (χ1v) is 10.9. The Morgan fingerprint density at radius 2 is 2.03 bits per heavy atom. The van der Waals surface area contributed by atoms with Gasteiger partial charge in [-0.3, -0.25) is 15.0 Å². The molecular weight excluding hydrogens is 515 g/mol. The number of aromatic nitrogens is 4. The molecule has 3 N–H and O–H groups in total. The second-order valence-electron chi connectivity index (χ2n) is 7.75. The van der Waals surface area contributed by atoms with Crippen LogP contribution in [0.15, 0.2) is 60.0 Å². The number of hydrogen-bond donors (Lipinski definition) is 3. The number of rotatable bonds is 7. The predicted molar refractivity (Wildman–Crippen MR) is 138 cm³/mol. The highest BCUT2D eigenvalue weighted by atomic mass is 127. The van der Waals surface area contributed by atoms with Gasteiger partial charge in [0, 0.05) is 44.0 Å². The molecule has 32 heavy (non-hydrogen) atoms. The van der Waals surface area contributed by atoms with Gasteiger partial charge in [-0.25, -0.2) is 9.98 Å². The first kappa shape index (κ1) is 24.1. The first-order chi connectivity index (χ1) is 15.3. The van der Waals surface area contributed by atoms with E-state index < -0.39 is 0 Å². The molecule has 9 heteroatoms. The number of piperidine rings is 1. The van der Waals surface area contributed by atoms with Crippen LogP contribution < -0.4 is 10.6 Å². The summed E-state index contributed by atoms with van der Waals surface area (Å²) in [5.74, 6) is 1.64. The third kappa shape index (κ3) is 6.99. The number of likely N-dealkylation sites (tertiary alicyclic amines) is 1. The van der Waals surface area contributed by atoms with Gasteiger partial charge in [-0.05, 0) is 43.5 Å². The van der Waals surface area contributed by atoms with E-state index in [1.807, 2.05) is 24.4 Å². The predicted octanol–water partition coefficient (Wildman–Crippen LogP) is 3.20. The summed E-state index contributed by atoms with van der Waals surface area (Å²) >= 11 is 0. The van der Waals surface area contributed by atoms with Crippen LogP contribution in [0.5, 0.6) is 0 Å².